The van der Waals surface area contributed by atoms with Crippen LogP contribution in [-0.2, 0) is 4.79 Å². The Morgan fingerprint density at radius 2 is 1.79 bits per heavy atom. The van der Waals surface area contributed by atoms with E-state index < -0.39 is 0 Å². The van der Waals surface area contributed by atoms with Gasteiger partial charge in [-0.1, -0.05) is 27.7 Å². The highest BCUT2D eigenvalue weighted by Gasteiger charge is 2.09. The van der Waals surface area contributed by atoms with Crippen molar-refractivity contribution in [3.05, 3.63) is 0 Å². The van der Waals surface area contributed by atoms with E-state index in [9.17, 15) is 4.79 Å². The highest BCUT2D eigenvalue weighted by atomic mass is 35.5. The average Bonchev–Trinajstić information content (AvgIpc) is 1.98. The van der Waals surface area contributed by atoms with Crippen LogP contribution in [0.3, 0.4) is 0 Å². The molecule has 0 aliphatic rings. The van der Waals surface area contributed by atoms with Crippen LogP contribution in [0.4, 0.5) is 0 Å². The summed E-state index contributed by atoms with van der Waals surface area (Å²) in [6, 6.07) is 0. The van der Waals surface area contributed by atoms with Crippen molar-refractivity contribution >= 4 is 17.5 Å². The number of hydrogen-bond donors (Lipinski definition) is 1. The molecular weight excluding hydrogens is 198 g/mol. The van der Waals surface area contributed by atoms with E-state index >= 15 is 0 Å². The van der Waals surface area contributed by atoms with E-state index in [0.717, 1.165) is 6.42 Å². The number of alkyl halides is 1. The maximum absolute atomic E-state index is 11.3. The van der Waals surface area contributed by atoms with E-state index in [2.05, 4.69) is 19.2 Å². The van der Waals surface area contributed by atoms with Crippen LogP contribution in [0.1, 0.15) is 40.5 Å². The number of hydrogen-bond acceptors (Lipinski definition) is 1. The molecule has 1 atom stereocenters. The summed E-state index contributed by atoms with van der Waals surface area (Å²) in [4.78, 5) is 11.3. The van der Waals surface area contributed by atoms with Gasteiger partial charge in [0.25, 0.3) is 0 Å². The van der Waals surface area contributed by atoms with Crippen molar-refractivity contribution in [1.82, 2.24) is 5.32 Å². The first kappa shape index (κ1) is 13.8. The van der Waals surface area contributed by atoms with Crippen LogP contribution < -0.4 is 5.32 Å². The van der Waals surface area contributed by atoms with Crippen molar-refractivity contribution in [1.29, 1.82) is 0 Å². The largest absolute Gasteiger partial charge is 0.355 e. The van der Waals surface area contributed by atoms with Gasteiger partial charge in [-0.25, -0.2) is 0 Å². The number of nitrogens with one attached hydrogen (secondary N) is 1. The highest BCUT2D eigenvalue weighted by molar-refractivity contribution is 6.20. The molecule has 1 N–H and O–H groups in total. The minimum atomic E-state index is 0.0612. The molecule has 0 bridgehead atoms. The van der Waals surface area contributed by atoms with E-state index in [1.807, 2.05) is 13.8 Å². The molecule has 0 aromatic carbocycles. The number of rotatable bonds is 6. The second-order valence-corrected chi connectivity index (χ2v) is 5.25. The highest BCUT2D eigenvalue weighted by Crippen LogP contribution is 2.09. The molecule has 0 aromatic heterocycles. The monoisotopic (exact) mass is 219 g/mol. The normalized spacial score (nSPS) is 13.4. The van der Waals surface area contributed by atoms with Crippen LogP contribution in [0.2, 0.25) is 0 Å². The molecule has 0 fully saturated rings. The summed E-state index contributed by atoms with van der Waals surface area (Å²) in [5.74, 6) is 1.10. The molecule has 3 heteroatoms. The Hall–Kier alpha value is -0.240. The molecule has 0 heterocycles. The quantitative estimate of drug-likeness (QED) is 0.684. The second kappa shape index (κ2) is 7.10. The van der Waals surface area contributed by atoms with Crippen molar-refractivity contribution in [2.24, 2.45) is 11.8 Å². The van der Waals surface area contributed by atoms with Gasteiger partial charge in [0.05, 0.1) is 5.38 Å². The molecule has 0 aliphatic heterocycles. The number of halogens is 1. The molecule has 0 aliphatic carbocycles. The lowest BCUT2D eigenvalue weighted by Gasteiger charge is -2.13. The van der Waals surface area contributed by atoms with Crippen LogP contribution >= 0.6 is 11.6 Å². The zero-order chi connectivity index (χ0) is 11.1. The predicted molar refractivity (Wildman–Crippen MR) is 61.6 cm³/mol. The molecule has 1 amide bonds. The smallest absolute Gasteiger partial charge is 0.220 e. The van der Waals surface area contributed by atoms with Crippen LogP contribution in [0.25, 0.3) is 0 Å². The molecule has 0 saturated heterocycles. The molecular formula is C11H22ClNO. The molecule has 0 rings (SSSR count). The Labute approximate surface area is 92.4 Å². The van der Waals surface area contributed by atoms with Gasteiger partial charge >= 0.3 is 0 Å². The maximum Gasteiger partial charge on any atom is 0.220 e. The third-order valence-electron chi connectivity index (χ3n) is 1.84. The van der Waals surface area contributed by atoms with Gasteiger partial charge in [-0.05, 0) is 18.3 Å². The lowest BCUT2D eigenvalue weighted by atomic mass is 10.1. The predicted octanol–water partition coefficient (Wildman–Crippen LogP) is 2.80. The molecule has 84 valence electrons. The first-order valence-corrected chi connectivity index (χ1v) is 5.76. The van der Waals surface area contributed by atoms with Crippen LogP contribution in [0.5, 0.6) is 0 Å². The molecule has 0 aromatic rings. The number of carbonyl (C=O) groups is 1. The van der Waals surface area contributed by atoms with E-state index in [0.29, 0.717) is 24.8 Å². The van der Waals surface area contributed by atoms with Gasteiger partial charge in [0.1, 0.15) is 0 Å². The van der Waals surface area contributed by atoms with Crippen molar-refractivity contribution < 1.29 is 4.79 Å². The Balaban J connectivity index is 3.56. The number of amides is 1. The molecule has 1 unspecified atom stereocenters. The second-order valence-electron chi connectivity index (χ2n) is 4.63. The Morgan fingerprint density at radius 1 is 1.21 bits per heavy atom. The Bertz CT molecular complexity index is 169. The maximum atomic E-state index is 11.3. The van der Waals surface area contributed by atoms with Gasteiger partial charge in [0, 0.05) is 13.0 Å². The zero-order valence-electron chi connectivity index (χ0n) is 9.64. The number of carbonyl (C=O) groups excluding carboxylic acids is 1. The van der Waals surface area contributed by atoms with Crippen molar-refractivity contribution in [2.45, 2.75) is 45.9 Å². The van der Waals surface area contributed by atoms with Crippen LogP contribution in [-0.4, -0.2) is 17.8 Å². The molecule has 14 heavy (non-hydrogen) atoms. The fourth-order valence-electron chi connectivity index (χ4n) is 1.26. The first-order chi connectivity index (χ1) is 6.41. The van der Waals surface area contributed by atoms with E-state index in [1.165, 1.54) is 0 Å². The fraction of sp³-hybridized carbons (Fsp3) is 0.909. The summed E-state index contributed by atoms with van der Waals surface area (Å²) in [5, 5.41) is 2.91. The summed E-state index contributed by atoms with van der Waals surface area (Å²) in [6.45, 7) is 8.92. The van der Waals surface area contributed by atoms with Gasteiger partial charge in [-0.3, -0.25) is 4.79 Å². The van der Waals surface area contributed by atoms with Crippen LogP contribution in [0.15, 0.2) is 0 Å². The Kier molecular flexibility index (Phi) is 6.98. The van der Waals surface area contributed by atoms with Gasteiger partial charge in [-0.2, -0.15) is 0 Å². The molecule has 0 radical (unpaired) electrons. The van der Waals surface area contributed by atoms with Crippen molar-refractivity contribution in [3.63, 3.8) is 0 Å². The lowest BCUT2D eigenvalue weighted by Crippen LogP contribution is -2.31. The van der Waals surface area contributed by atoms with Gasteiger partial charge < -0.3 is 5.32 Å². The topological polar surface area (TPSA) is 29.1 Å². The summed E-state index contributed by atoms with van der Waals surface area (Å²) >= 11 is 6.04. The summed E-state index contributed by atoms with van der Waals surface area (Å²) in [7, 11) is 0. The van der Waals surface area contributed by atoms with Gasteiger partial charge in [0.15, 0.2) is 0 Å². The third-order valence-corrected chi connectivity index (χ3v) is 2.17. The zero-order valence-corrected chi connectivity index (χ0v) is 10.4. The van der Waals surface area contributed by atoms with E-state index in [4.69, 9.17) is 11.6 Å². The minimum Gasteiger partial charge on any atom is -0.355 e. The van der Waals surface area contributed by atoms with Gasteiger partial charge in [-0.15, -0.1) is 11.6 Å². The summed E-state index contributed by atoms with van der Waals surface area (Å²) < 4.78 is 0. The Morgan fingerprint density at radius 3 is 2.21 bits per heavy atom. The average molecular weight is 220 g/mol. The minimum absolute atomic E-state index is 0.0612. The molecule has 2 nitrogen and oxygen atoms in total. The van der Waals surface area contributed by atoms with Gasteiger partial charge in [0.2, 0.25) is 5.91 Å². The fourth-order valence-corrected chi connectivity index (χ4v) is 1.70. The lowest BCUT2D eigenvalue weighted by molar-refractivity contribution is -0.121. The summed E-state index contributed by atoms with van der Waals surface area (Å²) in [6.07, 6.45) is 1.54. The standard InChI is InChI=1S/C11H22ClNO/c1-8(2)5-10(12)7-13-11(14)6-9(3)4/h8-10H,5-7H2,1-4H3,(H,13,14). The molecule has 0 saturated carbocycles. The first-order valence-electron chi connectivity index (χ1n) is 5.32. The van der Waals surface area contributed by atoms with Crippen molar-refractivity contribution in [3.8, 4) is 0 Å². The van der Waals surface area contributed by atoms with Crippen LogP contribution in [0, 0.1) is 11.8 Å². The third kappa shape index (κ3) is 8.36. The summed E-state index contributed by atoms with van der Waals surface area (Å²) in [5.41, 5.74) is 0. The SMILES string of the molecule is CC(C)CC(=O)NCC(Cl)CC(C)C. The van der Waals surface area contributed by atoms with Crippen molar-refractivity contribution in [2.75, 3.05) is 6.54 Å². The molecule has 0 spiro atoms. The van der Waals surface area contributed by atoms with E-state index in [-0.39, 0.29) is 11.3 Å². The van der Waals surface area contributed by atoms with E-state index in [1.54, 1.807) is 0 Å².